The first kappa shape index (κ1) is 29.6. The molecular weight excluding hydrogens is 552 g/mol. The van der Waals surface area contributed by atoms with Crippen LogP contribution >= 0.6 is 0 Å². The maximum atomic E-state index is 14.1. The molecule has 8 nitrogen and oxygen atoms in total. The van der Waals surface area contributed by atoms with Crippen molar-refractivity contribution in [1.82, 2.24) is 14.9 Å². The molecule has 0 aliphatic carbocycles. The van der Waals surface area contributed by atoms with Gasteiger partial charge in [-0.3, -0.25) is 4.79 Å². The van der Waals surface area contributed by atoms with E-state index in [9.17, 15) is 31.1 Å². The predicted molar refractivity (Wildman–Crippen MR) is 145 cm³/mol. The standard InChI is InChI=1S/C27H27F6N7O/c1-3-23(41)35-17-6-5-7-18(14-17)36-24-21(27(31,32)33)16-34-25(38-24)37-22-9-8-19(15-20(22)26(28,29)30)40-12-10-39(4-2)11-13-40/h3,5-9,14-16H,1,4,10-13H2,2H3,(H,35,41)(H2,34,36,37,38). The van der Waals surface area contributed by atoms with Crippen molar-refractivity contribution in [3.05, 3.63) is 72.4 Å². The molecule has 1 saturated heterocycles. The molecule has 218 valence electrons. The van der Waals surface area contributed by atoms with Crippen LogP contribution in [0.3, 0.4) is 0 Å². The van der Waals surface area contributed by atoms with Crippen LogP contribution in [0.25, 0.3) is 0 Å². The highest BCUT2D eigenvalue weighted by Gasteiger charge is 2.37. The molecule has 1 aliphatic rings. The summed E-state index contributed by atoms with van der Waals surface area (Å²) < 4.78 is 83.3. The molecule has 3 aromatic rings. The Morgan fingerprint density at radius 2 is 1.63 bits per heavy atom. The SMILES string of the molecule is C=CC(=O)Nc1cccc(Nc2nc(Nc3ccc(N4CCN(CC)CC4)cc3C(F)(F)F)ncc2C(F)(F)F)c1. The first-order valence-corrected chi connectivity index (χ1v) is 12.6. The Hall–Kier alpha value is -4.33. The fraction of sp³-hybridized carbons (Fsp3) is 0.296. The van der Waals surface area contributed by atoms with Gasteiger partial charge in [0, 0.05) is 49.4 Å². The molecule has 2 aromatic carbocycles. The fourth-order valence-corrected chi connectivity index (χ4v) is 4.26. The Morgan fingerprint density at radius 3 is 2.27 bits per heavy atom. The van der Waals surface area contributed by atoms with E-state index < -0.39 is 46.8 Å². The van der Waals surface area contributed by atoms with Gasteiger partial charge in [-0.15, -0.1) is 0 Å². The molecule has 0 unspecified atom stereocenters. The number of hydrogen-bond acceptors (Lipinski definition) is 7. The number of piperazine rings is 1. The summed E-state index contributed by atoms with van der Waals surface area (Å²) in [7, 11) is 0. The van der Waals surface area contributed by atoms with E-state index in [1.165, 1.54) is 36.4 Å². The van der Waals surface area contributed by atoms with E-state index in [0.717, 1.165) is 31.8 Å². The number of halogens is 6. The van der Waals surface area contributed by atoms with Gasteiger partial charge in [-0.2, -0.15) is 31.3 Å². The van der Waals surface area contributed by atoms with Crippen LogP contribution in [0.2, 0.25) is 0 Å². The summed E-state index contributed by atoms with van der Waals surface area (Å²) in [6.45, 7) is 8.77. The molecule has 0 saturated carbocycles. The zero-order chi connectivity index (χ0) is 29.8. The van der Waals surface area contributed by atoms with Crippen molar-refractivity contribution in [2.45, 2.75) is 19.3 Å². The largest absolute Gasteiger partial charge is 0.421 e. The van der Waals surface area contributed by atoms with Gasteiger partial charge in [0.2, 0.25) is 11.9 Å². The Labute approximate surface area is 232 Å². The van der Waals surface area contributed by atoms with Crippen LogP contribution in [-0.2, 0) is 17.1 Å². The van der Waals surface area contributed by atoms with Gasteiger partial charge in [-0.1, -0.05) is 19.6 Å². The molecule has 0 spiro atoms. The van der Waals surface area contributed by atoms with Crippen molar-refractivity contribution in [2.75, 3.05) is 53.6 Å². The van der Waals surface area contributed by atoms with Crippen LogP contribution in [0.1, 0.15) is 18.1 Å². The van der Waals surface area contributed by atoms with Crippen molar-refractivity contribution in [1.29, 1.82) is 0 Å². The van der Waals surface area contributed by atoms with E-state index >= 15 is 0 Å². The Bertz CT molecular complexity index is 1400. The van der Waals surface area contributed by atoms with Crippen LogP contribution < -0.4 is 20.9 Å². The predicted octanol–water partition coefficient (Wildman–Crippen LogP) is 6.27. The number of carbonyl (C=O) groups is 1. The van der Waals surface area contributed by atoms with Gasteiger partial charge < -0.3 is 25.8 Å². The molecule has 1 aliphatic heterocycles. The lowest BCUT2D eigenvalue weighted by Gasteiger charge is -2.36. The lowest BCUT2D eigenvalue weighted by atomic mass is 10.1. The first-order valence-electron chi connectivity index (χ1n) is 12.6. The minimum absolute atomic E-state index is 0.130. The quantitative estimate of drug-likeness (QED) is 0.214. The Kier molecular flexibility index (Phi) is 8.71. The van der Waals surface area contributed by atoms with Crippen LogP contribution in [-0.4, -0.2) is 53.5 Å². The van der Waals surface area contributed by atoms with Crippen molar-refractivity contribution in [3.63, 3.8) is 0 Å². The topological polar surface area (TPSA) is 85.4 Å². The van der Waals surface area contributed by atoms with Crippen molar-refractivity contribution in [3.8, 4) is 0 Å². The number of nitrogens with one attached hydrogen (secondary N) is 3. The number of nitrogens with zero attached hydrogens (tertiary/aromatic N) is 4. The summed E-state index contributed by atoms with van der Waals surface area (Å²) in [5, 5.41) is 7.44. The summed E-state index contributed by atoms with van der Waals surface area (Å²) in [6, 6.07) is 9.52. The fourth-order valence-electron chi connectivity index (χ4n) is 4.26. The average molecular weight is 580 g/mol. The Balaban J connectivity index is 1.64. The van der Waals surface area contributed by atoms with E-state index in [-0.39, 0.29) is 11.4 Å². The highest BCUT2D eigenvalue weighted by molar-refractivity contribution is 5.99. The van der Waals surface area contributed by atoms with Gasteiger partial charge in [0.15, 0.2) is 0 Å². The number of rotatable bonds is 8. The molecule has 0 radical (unpaired) electrons. The molecule has 1 aromatic heterocycles. The number of hydrogen-bond donors (Lipinski definition) is 3. The van der Waals surface area contributed by atoms with Crippen LogP contribution in [0, 0.1) is 0 Å². The third-order valence-electron chi connectivity index (χ3n) is 6.41. The molecule has 3 N–H and O–H groups in total. The number of benzene rings is 2. The lowest BCUT2D eigenvalue weighted by molar-refractivity contribution is -0.137. The summed E-state index contributed by atoms with van der Waals surface area (Å²) in [4.78, 5) is 23.1. The van der Waals surface area contributed by atoms with Gasteiger partial charge in [-0.25, -0.2) is 4.98 Å². The molecule has 0 atom stereocenters. The molecule has 4 rings (SSSR count). The number of carbonyl (C=O) groups excluding carboxylic acids is 1. The van der Waals surface area contributed by atoms with E-state index in [4.69, 9.17) is 0 Å². The van der Waals surface area contributed by atoms with Gasteiger partial charge in [0.25, 0.3) is 0 Å². The first-order chi connectivity index (χ1) is 19.4. The van der Waals surface area contributed by atoms with E-state index in [0.29, 0.717) is 25.0 Å². The maximum Gasteiger partial charge on any atom is 0.421 e. The summed E-state index contributed by atoms with van der Waals surface area (Å²) in [5.74, 6) is -1.70. The van der Waals surface area contributed by atoms with Crippen LogP contribution in [0.5, 0.6) is 0 Å². The van der Waals surface area contributed by atoms with Gasteiger partial charge in [-0.05, 0) is 49.0 Å². The number of aromatic nitrogens is 2. The van der Waals surface area contributed by atoms with Gasteiger partial charge in [0.05, 0.1) is 11.3 Å². The van der Waals surface area contributed by atoms with Gasteiger partial charge in [0.1, 0.15) is 11.4 Å². The second kappa shape index (κ2) is 12.0. The maximum absolute atomic E-state index is 14.1. The molecule has 0 bridgehead atoms. The third kappa shape index (κ3) is 7.45. The number of alkyl halides is 6. The molecule has 1 amide bonds. The number of anilines is 6. The second-order valence-corrected chi connectivity index (χ2v) is 9.13. The lowest BCUT2D eigenvalue weighted by Crippen LogP contribution is -2.46. The monoisotopic (exact) mass is 579 g/mol. The Morgan fingerprint density at radius 1 is 0.951 bits per heavy atom. The summed E-state index contributed by atoms with van der Waals surface area (Å²) in [6.07, 6.45) is -8.11. The van der Waals surface area contributed by atoms with E-state index in [1.807, 2.05) is 11.8 Å². The van der Waals surface area contributed by atoms with Crippen molar-refractivity contribution in [2.24, 2.45) is 0 Å². The molecule has 41 heavy (non-hydrogen) atoms. The van der Waals surface area contributed by atoms with Crippen molar-refractivity contribution >= 4 is 40.4 Å². The van der Waals surface area contributed by atoms with E-state index in [2.05, 4.69) is 37.4 Å². The normalized spacial score (nSPS) is 14.5. The summed E-state index contributed by atoms with van der Waals surface area (Å²) >= 11 is 0. The highest BCUT2D eigenvalue weighted by atomic mass is 19.4. The average Bonchev–Trinajstić information content (AvgIpc) is 2.92. The number of likely N-dealkylation sites (N-methyl/N-ethyl adjacent to an activating group) is 1. The third-order valence-corrected chi connectivity index (χ3v) is 6.41. The summed E-state index contributed by atoms with van der Waals surface area (Å²) in [5.41, 5.74) is -1.86. The van der Waals surface area contributed by atoms with Crippen molar-refractivity contribution < 1.29 is 31.1 Å². The highest BCUT2D eigenvalue weighted by Crippen LogP contribution is 2.40. The molecule has 1 fully saturated rings. The molecule has 14 heteroatoms. The van der Waals surface area contributed by atoms with E-state index in [1.54, 1.807) is 0 Å². The minimum Gasteiger partial charge on any atom is -0.369 e. The number of amides is 1. The zero-order valence-corrected chi connectivity index (χ0v) is 21.9. The minimum atomic E-state index is -4.86. The molecule has 2 heterocycles. The smallest absolute Gasteiger partial charge is 0.369 e. The van der Waals surface area contributed by atoms with Gasteiger partial charge >= 0.3 is 12.4 Å². The van der Waals surface area contributed by atoms with Crippen LogP contribution in [0.15, 0.2) is 61.3 Å². The second-order valence-electron chi connectivity index (χ2n) is 9.13. The zero-order valence-electron chi connectivity index (χ0n) is 21.9. The van der Waals surface area contributed by atoms with Crippen LogP contribution in [0.4, 0.5) is 60.9 Å². The molecular formula is C27H27F6N7O.